The van der Waals surface area contributed by atoms with Crippen molar-refractivity contribution < 1.29 is 4.79 Å². The molecule has 0 aliphatic heterocycles. The zero-order valence-corrected chi connectivity index (χ0v) is 12.8. The maximum Gasteiger partial charge on any atom is 0.323 e. The molecule has 1 aromatic carbocycles. The maximum absolute atomic E-state index is 11.8. The average molecular weight is 351 g/mol. The smallest absolute Gasteiger partial charge is 0.308 e. The molecule has 1 heterocycles. The van der Waals surface area contributed by atoms with Crippen molar-refractivity contribution >= 4 is 63.8 Å². The lowest BCUT2D eigenvalue weighted by atomic mass is 10.3. The molecule has 2 aromatic rings. The first-order valence-electron chi connectivity index (χ1n) is 5.30. The van der Waals surface area contributed by atoms with E-state index in [1.165, 1.54) is 18.3 Å². The van der Waals surface area contributed by atoms with Gasteiger partial charge in [0, 0.05) is 5.69 Å². The number of hydrogen-bond donors (Lipinski definition) is 2. The highest BCUT2D eigenvalue weighted by Crippen LogP contribution is 2.25. The third kappa shape index (κ3) is 3.90. The van der Waals surface area contributed by atoms with Gasteiger partial charge in [-0.25, -0.2) is 9.78 Å². The van der Waals surface area contributed by atoms with Crippen LogP contribution in [0, 0.1) is 0 Å². The van der Waals surface area contributed by atoms with Crippen LogP contribution in [0.2, 0.25) is 20.2 Å². The minimum atomic E-state index is -0.469. The standard InChI is InChI=1S/C12H7Cl4N3O/c13-8-2-1-6(3-9(8)14)18-12(20)19-7-4-10(15)11(16)17-5-7/h1-5H,(H2,18,19,20). The van der Waals surface area contributed by atoms with Crippen LogP contribution in [-0.2, 0) is 0 Å². The van der Waals surface area contributed by atoms with Crippen LogP contribution in [0.5, 0.6) is 0 Å². The summed E-state index contributed by atoms with van der Waals surface area (Å²) in [6, 6.07) is 5.77. The lowest BCUT2D eigenvalue weighted by molar-refractivity contribution is 0.262. The van der Waals surface area contributed by atoms with Crippen molar-refractivity contribution in [1.82, 2.24) is 4.98 Å². The predicted molar refractivity (Wildman–Crippen MR) is 83.4 cm³/mol. The zero-order chi connectivity index (χ0) is 14.7. The number of carbonyl (C=O) groups excluding carboxylic acids is 1. The quantitative estimate of drug-likeness (QED) is 0.718. The van der Waals surface area contributed by atoms with Crippen molar-refractivity contribution in [3.63, 3.8) is 0 Å². The number of nitrogens with zero attached hydrogens (tertiary/aromatic N) is 1. The molecule has 104 valence electrons. The lowest BCUT2D eigenvalue weighted by Gasteiger charge is -2.08. The van der Waals surface area contributed by atoms with E-state index in [0.29, 0.717) is 21.4 Å². The normalized spacial score (nSPS) is 10.2. The Hall–Kier alpha value is -1.20. The molecule has 0 spiro atoms. The number of aromatic nitrogens is 1. The molecule has 8 heteroatoms. The number of nitrogens with one attached hydrogen (secondary N) is 2. The molecular weight excluding hydrogens is 344 g/mol. The topological polar surface area (TPSA) is 54.0 Å². The molecule has 20 heavy (non-hydrogen) atoms. The Balaban J connectivity index is 2.04. The van der Waals surface area contributed by atoms with E-state index >= 15 is 0 Å². The van der Waals surface area contributed by atoms with Gasteiger partial charge in [0.25, 0.3) is 0 Å². The highest BCUT2D eigenvalue weighted by atomic mass is 35.5. The fourth-order valence-corrected chi connectivity index (χ4v) is 1.92. The number of urea groups is 1. The molecule has 0 unspecified atom stereocenters. The summed E-state index contributed by atoms with van der Waals surface area (Å²) in [5.41, 5.74) is 0.918. The number of anilines is 2. The van der Waals surface area contributed by atoms with E-state index in [4.69, 9.17) is 46.4 Å². The largest absolute Gasteiger partial charge is 0.323 e. The number of pyridine rings is 1. The Bertz CT molecular complexity index is 608. The fraction of sp³-hybridized carbons (Fsp3) is 0. The molecule has 0 atom stereocenters. The van der Waals surface area contributed by atoms with Crippen molar-refractivity contribution in [2.75, 3.05) is 10.6 Å². The second kappa shape index (κ2) is 6.50. The van der Waals surface area contributed by atoms with Gasteiger partial charge in [-0.15, -0.1) is 0 Å². The van der Waals surface area contributed by atoms with Gasteiger partial charge in [-0.1, -0.05) is 46.4 Å². The van der Waals surface area contributed by atoms with E-state index in [0.717, 1.165) is 0 Å². The van der Waals surface area contributed by atoms with Crippen molar-refractivity contribution in [3.05, 3.63) is 50.7 Å². The summed E-state index contributed by atoms with van der Waals surface area (Å²) in [5.74, 6) is 0. The van der Waals surface area contributed by atoms with Crippen LogP contribution in [0.25, 0.3) is 0 Å². The van der Waals surface area contributed by atoms with Gasteiger partial charge >= 0.3 is 6.03 Å². The Morgan fingerprint density at radius 1 is 0.900 bits per heavy atom. The number of halogens is 4. The Kier molecular flexibility index (Phi) is 4.94. The molecule has 2 rings (SSSR count). The molecule has 0 aliphatic rings. The Labute approximate surface area is 135 Å². The van der Waals surface area contributed by atoms with Gasteiger partial charge in [-0.2, -0.15) is 0 Å². The first-order valence-corrected chi connectivity index (χ1v) is 6.81. The van der Waals surface area contributed by atoms with Crippen LogP contribution in [0.3, 0.4) is 0 Å². The molecule has 0 bridgehead atoms. The summed E-state index contributed by atoms with van der Waals surface area (Å²) in [4.78, 5) is 15.6. The lowest BCUT2D eigenvalue weighted by Crippen LogP contribution is -2.19. The summed E-state index contributed by atoms with van der Waals surface area (Å²) in [6.07, 6.45) is 1.39. The number of hydrogen-bond acceptors (Lipinski definition) is 2. The predicted octanol–water partition coefficient (Wildman–Crippen LogP) is 5.34. The van der Waals surface area contributed by atoms with Crippen LogP contribution < -0.4 is 10.6 Å². The van der Waals surface area contributed by atoms with E-state index < -0.39 is 6.03 Å². The second-order valence-corrected chi connectivity index (χ2v) is 5.28. The van der Waals surface area contributed by atoms with Gasteiger partial charge in [-0.3, -0.25) is 0 Å². The molecule has 1 aromatic heterocycles. The molecule has 4 nitrogen and oxygen atoms in total. The first-order chi connectivity index (χ1) is 9.45. The Morgan fingerprint density at radius 3 is 2.20 bits per heavy atom. The molecule has 0 saturated carbocycles. The van der Waals surface area contributed by atoms with Crippen LogP contribution in [-0.4, -0.2) is 11.0 Å². The molecule has 0 aliphatic carbocycles. The maximum atomic E-state index is 11.8. The number of rotatable bonds is 2. The van der Waals surface area contributed by atoms with E-state index in [9.17, 15) is 4.79 Å². The molecule has 2 N–H and O–H groups in total. The van der Waals surface area contributed by atoms with Crippen LogP contribution >= 0.6 is 46.4 Å². The summed E-state index contributed by atoms with van der Waals surface area (Å²) >= 11 is 23.1. The van der Waals surface area contributed by atoms with Gasteiger partial charge in [0.05, 0.1) is 27.0 Å². The molecule has 0 saturated heterocycles. The fourth-order valence-electron chi connectivity index (χ4n) is 1.36. The SMILES string of the molecule is O=C(Nc1ccc(Cl)c(Cl)c1)Nc1cnc(Cl)c(Cl)c1. The minimum Gasteiger partial charge on any atom is -0.308 e. The van der Waals surface area contributed by atoms with E-state index in [1.807, 2.05) is 0 Å². The first kappa shape index (κ1) is 15.2. The zero-order valence-electron chi connectivity index (χ0n) is 9.75. The van der Waals surface area contributed by atoms with Gasteiger partial charge in [0.15, 0.2) is 0 Å². The van der Waals surface area contributed by atoms with Crippen molar-refractivity contribution in [3.8, 4) is 0 Å². The van der Waals surface area contributed by atoms with E-state index in [-0.39, 0.29) is 10.2 Å². The number of carbonyl (C=O) groups is 1. The molecular formula is C12H7Cl4N3O. The van der Waals surface area contributed by atoms with Crippen molar-refractivity contribution in [2.24, 2.45) is 0 Å². The average Bonchev–Trinajstić information content (AvgIpc) is 2.38. The third-order valence-corrected chi connectivity index (χ3v) is 3.66. The van der Waals surface area contributed by atoms with Crippen LogP contribution in [0.1, 0.15) is 0 Å². The number of amides is 2. The summed E-state index contributed by atoms with van der Waals surface area (Å²) in [6.45, 7) is 0. The number of benzene rings is 1. The summed E-state index contributed by atoms with van der Waals surface area (Å²) < 4.78 is 0. The summed E-state index contributed by atoms with van der Waals surface area (Å²) in [5, 5.41) is 6.33. The van der Waals surface area contributed by atoms with Crippen LogP contribution in [0.15, 0.2) is 30.5 Å². The van der Waals surface area contributed by atoms with E-state index in [1.54, 1.807) is 12.1 Å². The van der Waals surface area contributed by atoms with Gasteiger partial charge < -0.3 is 10.6 Å². The highest BCUT2D eigenvalue weighted by Gasteiger charge is 2.07. The minimum absolute atomic E-state index is 0.169. The Morgan fingerprint density at radius 2 is 1.55 bits per heavy atom. The third-order valence-electron chi connectivity index (χ3n) is 2.23. The van der Waals surface area contributed by atoms with Crippen molar-refractivity contribution in [2.45, 2.75) is 0 Å². The summed E-state index contributed by atoms with van der Waals surface area (Å²) in [7, 11) is 0. The second-order valence-electron chi connectivity index (χ2n) is 3.70. The highest BCUT2D eigenvalue weighted by molar-refractivity contribution is 6.42. The van der Waals surface area contributed by atoms with Crippen LogP contribution in [0.4, 0.5) is 16.2 Å². The molecule has 0 radical (unpaired) electrons. The molecule has 0 fully saturated rings. The molecule has 2 amide bonds. The van der Waals surface area contributed by atoms with Crippen molar-refractivity contribution in [1.29, 1.82) is 0 Å². The van der Waals surface area contributed by atoms with Gasteiger partial charge in [0.1, 0.15) is 5.15 Å². The van der Waals surface area contributed by atoms with E-state index in [2.05, 4.69) is 15.6 Å². The monoisotopic (exact) mass is 349 g/mol. The van der Waals surface area contributed by atoms with Gasteiger partial charge in [0.2, 0.25) is 0 Å². The van der Waals surface area contributed by atoms with Gasteiger partial charge in [-0.05, 0) is 24.3 Å².